The van der Waals surface area contributed by atoms with Crippen LogP contribution in [0.5, 0.6) is 0 Å². The van der Waals surface area contributed by atoms with Crippen molar-refractivity contribution >= 4 is 23.2 Å². The lowest BCUT2D eigenvalue weighted by atomic mass is 10.2. The molecule has 100 valence electrons. The average molecular weight is 308 g/mol. The van der Waals surface area contributed by atoms with Crippen LogP contribution in [0.3, 0.4) is 0 Å². The Bertz CT molecular complexity index is 826. The van der Waals surface area contributed by atoms with Crippen LogP contribution in [0.25, 0.3) is 16.9 Å². The van der Waals surface area contributed by atoms with Gasteiger partial charge in [-0.05, 0) is 17.7 Å². The minimum absolute atomic E-state index is 0.105. The van der Waals surface area contributed by atoms with Gasteiger partial charge in [-0.25, -0.2) is 14.6 Å². The smallest absolute Gasteiger partial charge is 0.250 e. The van der Waals surface area contributed by atoms with Crippen LogP contribution in [-0.2, 0) is 0 Å². The molecule has 0 bridgehead atoms. The number of hydrogen-bond donors (Lipinski definition) is 1. The second-order valence-corrected chi connectivity index (χ2v) is 4.67. The molecule has 0 aliphatic carbocycles. The van der Waals surface area contributed by atoms with Gasteiger partial charge in [-0.15, -0.1) is 0 Å². The van der Waals surface area contributed by atoms with E-state index in [1.54, 1.807) is 29.3 Å². The first kappa shape index (κ1) is 12.8. The summed E-state index contributed by atoms with van der Waals surface area (Å²) in [4.78, 5) is 21.7. The van der Waals surface area contributed by atoms with Crippen molar-refractivity contribution in [3.05, 3.63) is 57.6 Å². The highest BCUT2D eigenvalue weighted by atomic mass is 35.5. The summed E-state index contributed by atoms with van der Waals surface area (Å²) < 4.78 is 1.55. The molecule has 0 aliphatic rings. The van der Waals surface area contributed by atoms with Gasteiger partial charge in [-0.1, -0.05) is 11.6 Å². The molecule has 0 atom stereocenters. The molecule has 0 saturated carbocycles. The maximum atomic E-state index is 11.3. The monoisotopic (exact) mass is 307 g/mol. The minimum Gasteiger partial charge on any atom is -0.329 e. The Labute approximate surface area is 123 Å². The molecule has 3 heterocycles. The van der Waals surface area contributed by atoms with E-state index in [2.05, 4.69) is 20.1 Å². The van der Waals surface area contributed by atoms with Crippen LogP contribution in [0.1, 0.15) is 0 Å². The number of pyridine rings is 1. The van der Waals surface area contributed by atoms with Crippen LogP contribution >= 0.6 is 23.2 Å². The molecule has 0 saturated heterocycles. The predicted octanol–water partition coefficient (Wildman–Crippen LogP) is 2.32. The third kappa shape index (κ3) is 2.43. The summed E-state index contributed by atoms with van der Waals surface area (Å²) in [6, 6.07) is 3.16. The molecule has 0 aromatic carbocycles. The highest BCUT2D eigenvalue weighted by Gasteiger charge is 2.10. The Balaban J connectivity index is 2.06. The predicted molar refractivity (Wildman–Crippen MR) is 75.2 cm³/mol. The fourth-order valence-corrected chi connectivity index (χ4v) is 2.04. The Morgan fingerprint density at radius 2 is 2.10 bits per heavy atom. The highest BCUT2D eigenvalue weighted by molar-refractivity contribution is 6.33. The molecular formula is C12H7Cl2N5O. The van der Waals surface area contributed by atoms with Crippen LogP contribution < -0.4 is 5.56 Å². The van der Waals surface area contributed by atoms with Crippen molar-refractivity contribution in [3.63, 3.8) is 0 Å². The Kier molecular flexibility index (Phi) is 3.25. The van der Waals surface area contributed by atoms with E-state index in [0.29, 0.717) is 22.0 Å². The molecule has 3 rings (SSSR count). The summed E-state index contributed by atoms with van der Waals surface area (Å²) in [5.74, 6) is 0. The number of aromatic amines is 1. The van der Waals surface area contributed by atoms with E-state index >= 15 is 0 Å². The van der Waals surface area contributed by atoms with E-state index in [1.807, 2.05) is 0 Å². The summed E-state index contributed by atoms with van der Waals surface area (Å²) >= 11 is 11.8. The number of halogens is 2. The molecule has 0 amide bonds. The normalized spacial score (nSPS) is 10.7. The van der Waals surface area contributed by atoms with E-state index in [1.165, 1.54) is 12.3 Å². The second kappa shape index (κ2) is 5.07. The van der Waals surface area contributed by atoms with E-state index in [-0.39, 0.29) is 10.8 Å². The minimum atomic E-state index is -0.206. The fraction of sp³-hybridized carbons (Fsp3) is 0. The number of hydrogen-bond acceptors (Lipinski definition) is 4. The van der Waals surface area contributed by atoms with Crippen LogP contribution in [0.4, 0.5) is 0 Å². The fourth-order valence-electron chi connectivity index (χ4n) is 1.71. The summed E-state index contributed by atoms with van der Waals surface area (Å²) in [6.45, 7) is 0. The van der Waals surface area contributed by atoms with Gasteiger partial charge in [0.1, 0.15) is 0 Å². The lowest BCUT2D eigenvalue weighted by Crippen LogP contribution is -2.06. The largest absolute Gasteiger partial charge is 0.329 e. The van der Waals surface area contributed by atoms with Gasteiger partial charge in [0.15, 0.2) is 0 Å². The molecule has 0 radical (unpaired) electrons. The van der Waals surface area contributed by atoms with Crippen molar-refractivity contribution in [2.24, 2.45) is 0 Å². The van der Waals surface area contributed by atoms with Gasteiger partial charge in [0.05, 0.1) is 28.8 Å². The number of rotatable bonds is 2. The summed E-state index contributed by atoms with van der Waals surface area (Å²) in [5.41, 5.74) is 1.60. The summed E-state index contributed by atoms with van der Waals surface area (Å²) in [6.07, 6.45) is 6.27. The average Bonchev–Trinajstić information content (AvgIpc) is 2.91. The number of nitrogens with zero attached hydrogens (tertiary/aromatic N) is 4. The quantitative estimate of drug-likeness (QED) is 0.737. The van der Waals surface area contributed by atoms with Gasteiger partial charge in [-0.3, -0.25) is 4.79 Å². The Hall–Kier alpha value is -2.18. The molecule has 20 heavy (non-hydrogen) atoms. The number of aromatic nitrogens is 5. The van der Waals surface area contributed by atoms with E-state index < -0.39 is 0 Å². The summed E-state index contributed by atoms with van der Waals surface area (Å²) in [5, 5.41) is 4.66. The van der Waals surface area contributed by atoms with Gasteiger partial charge < -0.3 is 4.98 Å². The number of nitrogens with one attached hydrogen (secondary N) is 1. The zero-order chi connectivity index (χ0) is 14.1. The van der Waals surface area contributed by atoms with Gasteiger partial charge in [0, 0.05) is 24.0 Å². The first-order chi connectivity index (χ1) is 9.63. The molecule has 3 aromatic heterocycles. The molecule has 1 N–H and O–H groups in total. The maximum absolute atomic E-state index is 11.3. The van der Waals surface area contributed by atoms with E-state index in [9.17, 15) is 4.79 Å². The van der Waals surface area contributed by atoms with Gasteiger partial charge in [0.2, 0.25) is 10.8 Å². The van der Waals surface area contributed by atoms with Gasteiger partial charge in [0.25, 0.3) is 0 Å². The lowest BCUT2D eigenvalue weighted by molar-refractivity contribution is 0.875. The van der Waals surface area contributed by atoms with Crippen molar-refractivity contribution in [1.29, 1.82) is 0 Å². The lowest BCUT2D eigenvalue weighted by Gasteiger charge is -2.00. The van der Waals surface area contributed by atoms with Crippen molar-refractivity contribution in [2.75, 3.05) is 0 Å². The van der Waals surface area contributed by atoms with Crippen LogP contribution in [0, 0.1) is 0 Å². The van der Waals surface area contributed by atoms with Crippen LogP contribution in [0.15, 0.2) is 41.7 Å². The molecule has 3 aromatic rings. The van der Waals surface area contributed by atoms with Crippen molar-refractivity contribution in [3.8, 4) is 16.9 Å². The third-order valence-electron chi connectivity index (χ3n) is 2.59. The molecular weight excluding hydrogens is 301 g/mol. The van der Waals surface area contributed by atoms with Crippen molar-refractivity contribution in [1.82, 2.24) is 24.7 Å². The molecule has 0 spiro atoms. The van der Waals surface area contributed by atoms with E-state index in [0.717, 1.165) is 0 Å². The first-order valence-corrected chi connectivity index (χ1v) is 6.31. The Morgan fingerprint density at radius 3 is 2.90 bits per heavy atom. The molecule has 8 heteroatoms. The highest BCUT2D eigenvalue weighted by Crippen LogP contribution is 2.26. The Morgan fingerprint density at radius 1 is 1.25 bits per heavy atom. The second-order valence-electron chi connectivity index (χ2n) is 3.92. The molecule has 0 fully saturated rings. The van der Waals surface area contributed by atoms with Crippen LogP contribution in [0.2, 0.25) is 10.3 Å². The maximum Gasteiger partial charge on any atom is 0.250 e. The third-order valence-corrected chi connectivity index (χ3v) is 3.05. The molecule has 0 unspecified atom stereocenters. The standard InChI is InChI=1S/C12H7Cl2N5O/c13-9-5-16-12(14)18-11(9)7-4-17-19(6-7)8-1-2-15-10(20)3-8/h1-6H,(H,15,20). The summed E-state index contributed by atoms with van der Waals surface area (Å²) in [7, 11) is 0. The molecule has 0 aliphatic heterocycles. The van der Waals surface area contributed by atoms with Gasteiger partial charge >= 0.3 is 0 Å². The number of H-pyrrole nitrogens is 1. The van der Waals surface area contributed by atoms with E-state index in [4.69, 9.17) is 23.2 Å². The molecule has 6 nitrogen and oxygen atoms in total. The SMILES string of the molecule is O=c1cc(-n2cc(-c3nc(Cl)ncc3Cl)cn2)cc[nH]1. The topological polar surface area (TPSA) is 76.5 Å². The van der Waals surface area contributed by atoms with Gasteiger partial charge in [-0.2, -0.15) is 5.10 Å². The van der Waals surface area contributed by atoms with Crippen LogP contribution in [-0.4, -0.2) is 24.7 Å². The first-order valence-electron chi connectivity index (χ1n) is 5.56. The zero-order valence-corrected chi connectivity index (χ0v) is 11.4. The zero-order valence-electron chi connectivity index (χ0n) is 9.92. The van der Waals surface area contributed by atoms with Crippen molar-refractivity contribution in [2.45, 2.75) is 0 Å². The van der Waals surface area contributed by atoms with Crippen molar-refractivity contribution < 1.29 is 0 Å².